The first kappa shape index (κ1) is 24.2. The van der Waals surface area contributed by atoms with Gasteiger partial charge in [-0.15, -0.1) is 10.2 Å². The molecule has 0 bridgehead atoms. The van der Waals surface area contributed by atoms with E-state index in [-0.39, 0.29) is 5.91 Å². The van der Waals surface area contributed by atoms with Crippen molar-refractivity contribution < 1.29 is 4.79 Å². The summed E-state index contributed by atoms with van der Waals surface area (Å²) >= 11 is 1.59. The number of amides is 1. The average molecular weight is 499 g/mol. The smallest absolute Gasteiger partial charge is 0.254 e. The molecule has 7 nitrogen and oxygen atoms in total. The fraction of sp³-hybridized carbons (Fsp3) is 0.286. The van der Waals surface area contributed by atoms with Gasteiger partial charge in [-0.3, -0.25) is 14.3 Å². The fourth-order valence-electron chi connectivity index (χ4n) is 4.49. The molecule has 0 aliphatic carbocycles. The van der Waals surface area contributed by atoms with Gasteiger partial charge in [0.2, 0.25) is 0 Å². The summed E-state index contributed by atoms with van der Waals surface area (Å²) < 4.78 is 2.08. The fourth-order valence-corrected chi connectivity index (χ4v) is 5.44. The Morgan fingerprint density at radius 3 is 2.47 bits per heavy atom. The molecule has 1 fully saturated rings. The topological polar surface area (TPSA) is 67.2 Å². The van der Waals surface area contributed by atoms with Crippen molar-refractivity contribution in [1.82, 2.24) is 29.5 Å². The first-order chi connectivity index (χ1) is 17.6. The number of hydrogen-bond donors (Lipinski definition) is 0. The van der Waals surface area contributed by atoms with Crippen molar-refractivity contribution in [1.29, 1.82) is 0 Å². The quantitative estimate of drug-likeness (QED) is 0.344. The van der Waals surface area contributed by atoms with Crippen molar-refractivity contribution >= 4 is 17.7 Å². The molecule has 8 heteroatoms. The van der Waals surface area contributed by atoms with Crippen LogP contribution in [0.1, 0.15) is 28.4 Å². The van der Waals surface area contributed by atoms with Crippen molar-refractivity contribution in [2.45, 2.75) is 24.8 Å². The van der Waals surface area contributed by atoms with Crippen molar-refractivity contribution in [3.8, 4) is 17.1 Å². The van der Waals surface area contributed by atoms with Gasteiger partial charge in [-0.25, -0.2) is 0 Å². The number of aryl methyl sites for hydroxylation is 1. The molecule has 1 saturated heterocycles. The number of carbonyl (C=O) groups excluding carboxylic acids is 1. The molecule has 184 valence electrons. The predicted molar refractivity (Wildman–Crippen MR) is 143 cm³/mol. The number of nitrogens with zero attached hydrogens (tertiary/aromatic N) is 6. The standard InChI is InChI=1S/C28H30N6OS/c1-3-32-15-17-33(18-16-32)27(35)25-10-5-4-8-23(25)20-36-28-31-30-26(22-11-13-29-14-12-22)34(28)24-9-6-7-21(2)19-24/h4-14,19H,3,15-18,20H2,1-2H3. The van der Waals surface area contributed by atoms with E-state index in [0.29, 0.717) is 5.75 Å². The number of benzene rings is 2. The molecule has 3 heterocycles. The zero-order valence-corrected chi connectivity index (χ0v) is 21.5. The molecule has 4 aromatic rings. The number of thioether (sulfide) groups is 1. The molecular formula is C28H30N6OS. The molecule has 0 spiro atoms. The van der Waals surface area contributed by atoms with Crippen LogP contribution in [-0.4, -0.2) is 68.2 Å². The van der Waals surface area contributed by atoms with Gasteiger partial charge in [0, 0.05) is 61.1 Å². The van der Waals surface area contributed by atoms with E-state index >= 15 is 0 Å². The molecule has 2 aromatic carbocycles. The number of hydrogen-bond acceptors (Lipinski definition) is 6. The highest BCUT2D eigenvalue weighted by Gasteiger charge is 2.24. The van der Waals surface area contributed by atoms with Crippen molar-refractivity contribution in [3.63, 3.8) is 0 Å². The third kappa shape index (κ3) is 5.20. The number of aromatic nitrogens is 4. The van der Waals surface area contributed by atoms with Crippen LogP contribution >= 0.6 is 11.8 Å². The summed E-state index contributed by atoms with van der Waals surface area (Å²) in [5, 5.41) is 9.87. The van der Waals surface area contributed by atoms with Crippen LogP contribution in [0.15, 0.2) is 78.2 Å². The maximum Gasteiger partial charge on any atom is 0.254 e. The Bertz CT molecular complexity index is 1330. The van der Waals surface area contributed by atoms with Crippen LogP contribution in [0.3, 0.4) is 0 Å². The van der Waals surface area contributed by atoms with Gasteiger partial charge >= 0.3 is 0 Å². The van der Waals surface area contributed by atoms with Crippen molar-refractivity contribution in [3.05, 3.63) is 89.7 Å². The second kappa shape index (κ2) is 11.1. The Hall–Kier alpha value is -3.49. The first-order valence-corrected chi connectivity index (χ1v) is 13.3. The SMILES string of the molecule is CCN1CCN(C(=O)c2ccccc2CSc2nnc(-c3ccncc3)n2-c2cccc(C)c2)CC1. The van der Waals surface area contributed by atoms with E-state index in [9.17, 15) is 4.79 Å². The second-order valence-electron chi connectivity index (χ2n) is 8.89. The Morgan fingerprint density at radius 1 is 0.944 bits per heavy atom. The minimum atomic E-state index is 0.111. The lowest BCUT2D eigenvalue weighted by atomic mass is 10.1. The van der Waals surface area contributed by atoms with Crippen LogP contribution < -0.4 is 0 Å². The molecule has 0 N–H and O–H groups in total. The van der Waals surface area contributed by atoms with Gasteiger partial charge in [-0.05, 0) is 54.9 Å². The summed E-state index contributed by atoms with van der Waals surface area (Å²) in [7, 11) is 0. The monoisotopic (exact) mass is 498 g/mol. The van der Waals surface area contributed by atoms with Crippen molar-refractivity contribution in [2.24, 2.45) is 0 Å². The van der Waals surface area contributed by atoms with Gasteiger partial charge in [-0.1, -0.05) is 49.0 Å². The minimum absolute atomic E-state index is 0.111. The highest BCUT2D eigenvalue weighted by Crippen LogP contribution is 2.31. The zero-order valence-electron chi connectivity index (χ0n) is 20.7. The molecule has 1 amide bonds. The second-order valence-corrected chi connectivity index (χ2v) is 9.83. The number of pyridine rings is 1. The molecule has 1 aliphatic heterocycles. The van der Waals surface area contributed by atoms with E-state index in [4.69, 9.17) is 0 Å². The van der Waals surface area contributed by atoms with Gasteiger partial charge in [0.05, 0.1) is 0 Å². The van der Waals surface area contributed by atoms with E-state index in [1.165, 1.54) is 0 Å². The normalized spacial score (nSPS) is 14.2. The van der Waals surface area contributed by atoms with Gasteiger partial charge in [0.1, 0.15) is 0 Å². The highest BCUT2D eigenvalue weighted by molar-refractivity contribution is 7.98. The molecule has 5 rings (SSSR count). The number of piperazine rings is 1. The Morgan fingerprint density at radius 2 is 1.72 bits per heavy atom. The third-order valence-electron chi connectivity index (χ3n) is 6.54. The largest absolute Gasteiger partial charge is 0.336 e. The molecule has 1 aliphatic rings. The molecule has 2 aromatic heterocycles. The molecule has 0 unspecified atom stereocenters. The van der Waals surface area contributed by atoms with Gasteiger partial charge in [0.25, 0.3) is 5.91 Å². The van der Waals surface area contributed by atoms with Crippen LogP contribution in [-0.2, 0) is 5.75 Å². The molecule has 36 heavy (non-hydrogen) atoms. The van der Waals surface area contributed by atoms with E-state index in [2.05, 4.69) is 56.7 Å². The first-order valence-electron chi connectivity index (χ1n) is 12.3. The lowest BCUT2D eigenvalue weighted by Crippen LogP contribution is -2.48. The number of carbonyl (C=O) groups is 1. The third-order valence-corrected chi connectivity index (χ3v) is 7.52. The Labute approximate surface area is 216 Å². The van der Waals surface area contributed by atoms with Gasteiger partial charge in [0.15, 0.2) is 11.0 Å². The highest BCUT2D eigenvalue weighted by atomic mass is 32.2. The maximum absolute atomic E-state index is 13.4. The lowest BCUT2D eigenvalue weighted by molar-refractivity contribution is 0.0642. The number of likely N-dealkylation sites (N-methyl/N-ethyl adjacent to an activating group) is 1. The summed E-state index contributed by atoms with van der Waals surface area (Å²) in [6, 6.07) is 20.1. The minimum Gasteiger partial charge on any atom is -0.336 e. The maximum atomic E-state index is 13.4. The van der Waals surface area contributed by atoms with Crippen LogP contribution in [0.5, 0.6) is 0 Å². The Kier molecular flexibility index (Phi) is 7.44. The van der Waals surface area contributed by atoms with Crippen LogP contribution in [0.2, 0.25) is 0 Å². The van der Waals surface area contributed by atoms with E-state index in [0.717, 1.165) is 71.6 Å². The van der Waals surface area contributed by atoms with Crippen LogP contribution in [0, 0.1) is 6.92 Å². The molecule has 0 atom stereocenters. The molecule has 0 radical (unpaired) electrons. The molecule has 0 saturated carbocycles. The summed E-state index contributed by atoms with van der Waals surface area (Å²) in [5.74, 6) is 1.50. The lowest BCUT2D eigenvalue weighted by Gasteiger charge is -2.34. The van der Waals surface area contributed by atoms with E-state index < -0.39 is 0 Å². The summed E-state index contributed by atoms with van der Waals surface area (Å²) in [6.45, 7) is 8.66. The zero-order chi connectivity index (χ0) is 24.9. The average Bonchev–Trinajstić information content (AvgIpc) is 3.36. The summed E-state index contributed by atoms with van der Waals surface area (Å²) in [5.41, 5.74) is 4.90. The van der Waals surface area contributed by atoms with Gasteiger partial charge < -0.3 is 9.80 Å². The summed E-state index contributed by atoms with van der Waals surface area (Å²) in [4.78, 5) is 21.9. The van der Waals surface area contributed by atoms with Crippen molar-refractivity contribution in [2.75, 3.05) is 32.7 Å². The Balaban J connectivity index is 1.42. The number of rotatable bonds is 7. The van der Waals surface area contributed by atoms with Crippen LogP contribution in [0.4, 0.5) is 0 Å². The van der Waals surface area contributed by atoms with E-state index in [1.54, 1.807) is 24.2 Å². The molecular weight excluding hydrogens is 468 g/mol. The predicted octanol–water partition coefficient (Wildman–Crippen LogP) is 4.71. The summed E-state index contributed by atoms with van der Waals surface area (Å²) in [6.07, 6.45) is 3.53. The van der Waals surface area contributed by atoms with E-state index in [1.807, 2.05) is 47.4 Å². The van der Waals surface area contributed by atoms with Crippen LogP contribution in [0.25, 0.3) is 17.1 Å². The van der Waals surface area contributed by atoms with Gasteiger partial charge in [-0.2, -0.15) is 0 Å².